The third-order valence-corrected chi connectivity index (χ3v) is 4.70. The van der Waals surface area contributed by atoms with Gasteiger partial charge in [-0.3, -0.25) is 10.1 Å². The Morgan fingerprint density at radius 3 is 2.62 bits per heavy atom. The van der Waals surface area contributed by atoms with Gasteiger partial charge in [-0.05, 0) is 42.7 Å². The minimum Gasteiger partial charge on any atom is -0.469 e. The number of anilines is 1. The molecule has 5 nitrogen and oxygen atoms in total. The monoisotopic (exact) mass is 403 g/mol. The summed E-state index contributed by atoms with van der Waals surface area (Å²) in [5, 5.41) is 2.67. The average Bonchev–Trinajstić information content (AvgIpc) is 2.72. The number of carbonyl (C=O) groups excluding carboxylic acids is 2. The fourth-order valence-corrected chi connectivity index (χ4v) is 2.96. The van der Waals surface area contributed by atoms with Crippen LogP contribution in [-0.2, 0) is 14.3 Å². The molecule has 0 saturated carbocycles. The molecule has 0 bridgehead atoms. The molecule has 1 N–H and O–H groups in total. The van der Waals surface area contributed by atoms with E-state index < -0.39 is 23.8 Å². The standard InChI is InChI=1S/C23H28FNO4.H2/c1-4-5-6-7-13-29-23(27)25-19-10-8-9-18(14-19)20-12-11-17(15-21(20)24)16(2)22(26)28-3;/h8-12,14-16H,4-7,13H2,1-3H3,(H,25,27);1H. The summed E-state index contributed by atoms with van der Waals surface area (Å²) < 4.78 is 24.5. The van der Waals surface area contributed by atoms with Crippen LogP contribution in [0.3, 0.4) is 0 Å². The molecule has 0 spiro atoms. The lowest BCUT2D eigenvalue weighted by Gasteiger charge is -2.12. The van der Waals surface area contributed by atoms with Crippen LogP contribution in [0, 0.1) is 5.82 Å². The van der Waals surface area contributed by atoms with E-state index in [-0.39, 0.29) is 1.43 Å². The van der Waals surface area contributed by atoms with E-state index in [0.717, 1.165) is 25.7 Å². The molecule has 2 rings (SSSR count). The molecule has 0 aliphatic carbocycles. The first-order valence-electron chi connectivity index (χ1n) is 9.87. The Kier molecular flexibility index (Phi) is 8.65. The van der Waals surface area contributed by atoms with Crippen molar-refractivity contribution in [2.45, 2.75) is 45.4 Å². The summed E-state index contributed by atoms with van der Waals surface area (Å²) in [5.74, 6) is -1.42. The predicted octanol–water partition coefficient (Wildman–Crippen LogP) is 6.14. The molecule has 158 valence electrons. The van der Waals surface area contributed by atoms with Gasteiger partial charge in [0.25, 0.3) is 0 Å². The van der Waals surface area contributed by atoms with E-state index in [2.05, 4.69) is 12.2 Å². The Morgan fingerprint density at radius 2 is 1.93 bits per heavy atom. The van der Waals surface area contributed by atoms with Gasteiger partial charge in [-0.2, -0.15) is 0 Å². The minimum atomic E-state index is -0.552. The first kappa shape index (κ1) is 22.4. The highest BCUT2D eigenvalue weighted by molar-refractivity contribution is 5.86. The van der Waals surface area contributed by atoms with E-state index >= 15 is 0 Å². The van der Waals surface area contributed by atoms with Crippen LogP contribution in [0.4, 0.5) is 14.9 Å². The lowest BCUT2D eigenvalue weighted by molar-refractivity contribution is -0.141. The van der Waals surface area contributed by atoms with E-state index in [4.69, 9.17) is 9.47 Å². The third-order valence-electron chi connectivity index (χ3n) is 4.70. The first-order valence-corrected chi connectivity index (χ1v) is 9.87. The van der Waals surface area contributed by atoms with Crippen LogP contribution in [0.15, 0.2) is 42.5 Å². The highest BCUT2D eigenvalue weighted by Crippen LogP contribution is 2.28. The summed E-state index contributed by atoms with van der Waals surface area (Å²) in [6, 6.07) is 11.5. The van der Waals surface area contributed by atoms with Crippen LogP contribution >= 0.6 is 0 Å². The number of hydrogen-bond donors (Lipinski definition) is 1. The van der Waals surface area contributed by atoms with Gasteiger partial charge >= 0.3 is 12.1 Å². The van der Waals surface area contributed by atoms with E-state index in [1.165, 1.54) is 13.2 Å². The molecule has 0 heterocycles. The van der Waals surface area contributed by atoms with Crippen LogP contribution in [-0.4, -0.2) is 25.8 Å². The van der Waals surface area contributed by atoms with Crippen molar-refractivity contribution in [1.82, 2.24) is 0 Å². The fraction of sp³-hybridized carbons (Fsp3) is 0.391. The Balaban J connectivity index is 0.00000450. The molecule has 6 heteroatoms. The van der Waals surface area contributed by atoms with Crippen molar-refractivity contribution in [3.05, 3.63) is 53.8 Å². The molecule has 2 aromatic rings. The second-order valence-electron chi connectivity index (χ2n) is 6.89. The molecule has 1 atom stereocenters. The summed E-state index contributed by atoms with van der Waals surface area (Å²) in [6.07, 6.45) is 3.58. The number of amides is 1. The number of halogens is 1. The van der Waals surface area contributed by atoms with Crippen LogP contribution in [0.25, 0.3) is 11.1 Å². The maximum absolute atomic E-state index is 14.7. The maximum Gasteiger partial charge on any atom is 0.411 e. The van der Waals surface area contributed by atoms with Crippen molar-refractivity contribution in [1.29, 1.82) is 0 Å². The number of nitrogens with one attached hydrogen (secondary N) is 1. The van der Waals surface area contributed by atoms with Crippen molar-refractivity contribution in [2.75, 3.05) is 19.0 Å². The van der Waals surface area contributed by atoms with Crippen LogP contribution in [0.2, 0.25) is 0 Å². The van der Waals surface area contributed by atoms with Gasteiger partial charge in [0, 0.05) is 12.7 Å². The van der Waals surface area contributed by atoms with Gasteiger partial charge in [-0.15, -0.1) is 0 Å². The highest BCUT2D eigenvalue weighted by atomic mass is 19.1. The van der Waals surface area contributed by atoms with Crippen molar-refractivity contribution in [3.8, 4) is 11.1 Å². The lowest BCUT2D eigenvalue weighted by Crippen LogP contribution is -2.14. The number of methoxy groups -OCH3 is 1. The Labute approximate surface area is 172 Å². The van der Waals surface area contributed by atoms with Gasteiger partial charge in [0.15, 0.2) is 0 Å². The number of benzene rings is 2. The molecular weight excluding hydrogens is 373 g/mol. The third kappa shape index (κ3) is 6.59. The molecule has 1 unspecified atom stereocenters. The van der Waals surface area contributed by atoms with Crippen LogP contribution in [0.1, 0.15) is 52.4 Å². The molecule has 0 saturated heterocycles. The summed E-state index contributed by atoms with van der Waals surface area (Å²) in [6.45, 7) is 4.16. The Morgan fingerprint density at radius 1 is 1.14 bits per heavy atom. The number of rotatable bonds is 9. The predicted molar refractivity (Wildman–Crippen MR) is 113 cm³/mol. The fourth-order valence-electron chi connectivity index (χ4n) is 2.96. The van der Waals surface area contributed by atoms with Gasteiger partial charge in [-0.1, -0.05) is 50.5 Å². The van der Waals surface area contributed by atoms with Gasteiger partial charge in [0.1, 0.15) is 5.82 Å². The Bertz CT molecular complexity index is 844. The second kappa shape index (κ2) is 11.2. The molecule has 2 aromatic carbocycles. The van der Waals surface area contributed by atoms with Gasteiger partial charge in [0.05, 0.1) is 19.6 Å². The van der Waals surface area contributed by atoms with Gasteiger partial charge in [-0.25, -0.2) is 9.18 Å². The number of esters is 1. The Hall–Kier alpha value is -2.89. The van der Waals surface area contributed by atoms with E-state index in [1.54, 1.807) is 43.3 Å². The van der Waals surface area contributed by atoms with E-state index in [1.807, 2.05) is 0 Å². The van der Waals surface area contributed by atoms with Crippen LogP contribution in [0.5, 0.6) is 0 Å². The molecular formula is C23H30FNO4. The van der Waals surface area contributed by atoms with E-state index in [9.17, 15) is 14.0 Å². The zero-order chi connectivity index (χ0) is 21.2. The van der Waals surface area contributed by atoms with Crippen molar-refractivity contribution >= 4 is 17.7 Å². The minimum absolute atomic E-state index is 0. The molecule has 0 aromatic heterocycles. The quantitative estimate of drug-likeness (QED) is 0.403. The summed E-state index contributed by atoms with van der Waals surface area (Å²) in [5.41, 5.74) is 2.05. The zero-order valence-corrected chi connectivity index (χ0v) is 17.2. The zero-order valence-electron chi connectivity index (χ0n) is 17.2. The van der Waals surface area contributed by atoms with Crippen molar-refractivity contribution in [2.24, 2.45) is 0 Å². The molecule has 0 fully saturated rings. The van der Waals surface area contributed by atoms with Crippen molar-refractivity contribution < 1.29 is 24.9 Å². The largest absolute Gasteiger partial charge is 0.469 e. The SMILES string of the molecule is CCCCCCOC(=O)Nc1cccc(-c2ccc(C(C)C(=O)OC)cc2F)c1.[HH]. The molecule has 0 aliphatic heterocycles. The normalized spacial score (nSPS) is 11.6. The van der Waals surface area contributed by atoms with Crippen molar-refractivity contribution in [3.63, 3.8) is 0 Å². The van der Waals surface area contributed by atoms with E-state index in [0.29, 0.717) is 29.0 Å². The topological polar surface area (TPSA) is 64.6 Å². The van der Waals surface area contributed by atoms with Crippen LogP contribution < -0.4 is 5.32 Å². The molecule has 29 heavy (non-hydrogen) atoms. The maximum atomic E-state index is 14.7. The number of ether oxygens (including phenoxy) is 2. The second-order valence-corrected chi connectivity index (χ2v) is 6.89. The smallest absolute Gasteiger partial charge is 0.411 e. The molecule has 0 aliphatic rings. The number of unbranched alkanes of at least 4 members (excludes halogenated alkanes) is 3. The summed E-state index contributed by atoms with van der Waals surface area (Å²) in [7, 11) is 1.30. The summed E-state index contributed by atoms with van der Waals surface area (Å²) in [4.78, 5) is 23.6. The highest BCUT2D eigenvalue weighted by Gasteiger charge is 2.17. The van der Waals surface area contributed by atoms with Gasteiger partial charge in [0.2, 0.25) is 0 Å². The molecule has 0 radical (unpaired) electrons. The number of carbonyl (C=O) groups is 2. The number of hydrogen-bond acceptors (Lipinski definition) is 4. The lowest BCUT2D eigenvalue weighted by atomic mass is 9.97. The summed E-state index contributed by atoms with van der Waals surface area (Å²) >= 11 is 0. The molecule has 1 amide bonds. The first-order chi connectivity index (χ1) is 14.0. The van der Waals surface area contributed by atoms with Gasteiger partial charge < -0.3 is 9.47 Å². The average molecular weight is 403 g/mol.